The van der Waals surface area contributed by atoms with Crippen LogP contribution in [0.2, 0.25) is 0 Å². The molecule has 3 aromatic rings. The van der Waals surface area contributed by atoms with Crippen LogP contribution in [-0.2, 0) is 39.0 Å². The van der Waals surface area contributed by atoms with E-state index >= 15 is 0 Å². The largest absolute Gasteiger partial charge is 0.435 e. The number of ketones is 1. The molecule has 0 atom stereocenters. The smallest absolute Gasteiger partial charge is 0.294 e. The van der Waals surface area contributed by atoms with Crippen LogP contribution in [0.4, 0.5) is 13.2 Å². The molecular weight excluding hydrogens is 381 g/mol. The topological polar surface area (TPSA) is 52.7 Å². The minimum Gasteiger partial charge on any atom is -0.294 e. The Hall–Kier alpha value is -2.90. The van der Waals surface area contributed by atoms with E-state index in [1.165, 1.54) is 4.68 Å². The zero-order chi connectivity index (χ0) is 20.6. The Morgan fingerprint density at radius 1 is 1.14 bits per heavy atom. The first kappa shape index (κ1) is 19.4. The molecule has 0 N–H and O–H groups in total. The van der Waals surface area contributed by atoms with Crippen LogP contribution >= 0.6 is 0 Å². The summed E-state index contributed by atoms with van der Waals surface area (Å²) in [5, 5.41) is 8.11. The van der Waals surface area contributed by atoms with Crippen LogP contribution in [-0.4, -0.2) is 25.3 Å². The number of fused-ring (bicyclic) bond motifs is 1. The quantitative estimate of drug-likeness (QED) is 0.607. The standard InChI is InChI=1S/C21H21F3N4O/c1-27-10-9-16(25-27)12-19(29)15-6-4-5-14(11-15)13-28-18-8-3-2-7-17(18)20(26-28)21(22,23)24/h4-6,9-11H,2-3,7-8,12-13H2,1H3. The number of Topliss-reactive ketones (excluding diaryl/α,β-unsaturated/α-hetero) is 1. The first-order chi connectivity index (χ1) is 13.8. The van der Waals surface area contributed by atoms with Gasteiger partial charge in [-0.05, 0) is 43.4 Å². The van der Waals surface area contributed by atoms with Gasteiger partial charge in [-0.25, -0.2) is 0 Å². The lowest BCUT2D eigenvalue weighted by molar-refractivity contribution is -0.142. The molecule has 4 rings (SSSR count). The predicted molar refractivity (Wildman–Crippen MR) is 101 cm³/mol. The van der Waals surface area contributed by atoms with Crippen molar-refractivity contribution in [3.8, 4) is 0 Å². The fourth-order valence-corrected chi connectivity index (χ4v) is 3.87. The molecule has 5 nitrogen and oxygen atoms in total. The molecule has 152 valence electrons. The number of aryl methyl sites for hydroxylation is 1. The Balaban J connectivity index is 1.58. The Morgan fingerprint density at radius 3 is 2.66 bits per heavy atom. The summed E-state index contributed by atoms with van der Waals surface area (Å²) in [4.78, 5) is 12.6. The molecule has 1 aliphatic rings. The zero-order valence-electron chi connectivity index (χ0n) is 16.0. The highest BCUT2D eigenvalue weighted by Gasteiger charge is 2.39. The number of carbonyl (C=O) groups is 1. The van der Waals surface area contributed by atoms with Crippen molar-refractivity contribution in [3.05, 3.63) is 70.3 Å². The molecule has 1 aromatic carbocycles. The molecule has 0 aliphatic heterocycles. The van der Waals surface area contributed by atoms with Gasteiger partial charge in [0.1, 0.15) is 0 Å². The van der Waals surface area contributed by atoms with E-state index in [2.05, 4.69) is 10.2 Å². The van der Waals surface area contributed by atoms with Gasteiger partial charge in [0.25, 0.3) is 0 Å². The number of benzene rings is 1. The third-order valence-corrected chi connectivity index (χ3v) is 5.22. The van der Waals surface area contributed by atoms with E-state index < -0.39 is 11.9 Å². The molecule has 0 amide bonds. The zero-order valence-corrected chi connectivity index (χ0v) is 16.0. The van der Waals surface area contributed by atoms with Crippen LogP contribution in [0.15, 0.2) is 36.5 Å². The van der Waals surface area contributed by atoms with E-state index in [4.69, 9.17) is 0 Å². The summed E-state index contributed by atoms with van der Waals surface area (Å²) in [5.41, 5.74) is 2.17. The minimum atomic E-state index is -4.45. The summed E-state index contributed by atoms with van der Waals surface area (Å²) in [6, 6.07) is 8.80. The molecule has 0 fully saturated rings. The maximum Gasteiger partial charge on any atom is 0.435 e. The van der Waals surface area contributed by atoms with Crippen molar-refractivity contribution in [1.82, 2.24) is 19.6 Å². The first-order valence-electron chi connectivity index (χ1n) is 9.57. The van der Waals surface area contributed by atoms with E-state index in [9.17, 15) is 18.0 Å². The Morgan fingerprint density at radius 2 is 1.93 bits per heavy atom. The normalized spacial score (nSPS) is 14.1. The fraction of sp³-hybridized carbons (Fsp3) is 0.381. The number of alkyl halides is 3. The van der Waals surface area contributed by atoms with Gasteiger partial charge in [0.2, 0.25) is 0 Å². The van der Waals surface area contributed by atoms with Gasteiger partial charge in [-0.15, -0.1) is 0 Å². The third kappa shape index (κ3) is 4.11. The summed E-state index contributed by atoms with van der Waals surface area (Å²) in [5.74, 6) is -0.0796. The molecule has 1 aliphatic carbocycles. The molecule has 0 spiro atoms. The van der Waals surface area contributed by atoms with Crippen LogP contribution in [0.3, 0.4) is 0 Å². The van der Waals surface area contributed by atoms with E-state index in [0.717, 1.165) is 18.4 Å². The van der Waals surface area contributed by atoms with Crippen LogP contribution in [0.1, 0.15) is 51.4 Å². The Kier molecular flexibility index (Phi) is 5.02. The lowest BCUT2D eigenvalue weighted by Crippen LogP contribution is -2.11. The summed E-state index contributed by atoms with van der Waals surface area (Å²) >= 11 is 0. The number of aromatic nitrogens is 4. The number of hydrogen-bond donors (Lipinski definition) is 0. The predicted octanol–water partition coefficient (Wildman–Crippen LogP) is 3.99. The number of rotatable bonds is 5. The number of nitrogens with zero attached hydrogens (tertiary/aromatic N) is 4. The summed E-state index contributed by atoms with van der Waals surface area (Å²) < 4.78 is 43.2. The molecule has 2 heterocycles. The fourth-order valence-electron chi connectivity index (χ4n) is 3.87. The van der Waals surface area contributed by atoms with Crippen molar-refractivity contribution in [3.63, 3.8) is 0 Å². The van der Waals surface area contributed by atoms with Gasteiger partial charge in [-0.1, -0.05) is 18.2 Å². The van der Waals surface area contributed by atoms with Crippen molar-refractivity contribution in [2.45, 2.75) is 44.8 Å². The van der Waals surface area contributed by atoms with Gasteiger partial charge < -0.3 is 0 Å². The third-order valence-electron chi connectivity index (χ3n) is 5.22. The van der Waals surface area contributed by atoms with Crippen LogP contribution in [0.25, 0.3) is 0 Å². The highest BCUT2D eigenvalue weighted by Crippen LogP contribution is 2.36. The number of halogens is 3. The van der Waals surface area contributed by atoms with Crippen LogP contribution in [0, 0.1) is 0 Å². The average Bonchev–Trinajstić information content (AvgIpc) is 3.25. The molecule has 29 heavy (non-hydrogen) atoms. The van der Waals surface area contributed by atoms with E-state index in [1.807, 2.05) is 6.07 Å². The number of carbonyl (C=O) groups excluding carboxylic acids is 1. The van der Waals surface area contributed by atoms with E-state index in [0.29, 0.717) is 35.4 Å². The molecule has 2 aromatic heterocycles. The number of hydrogen-bond acceptors (Lipinski definition) is 3. The van der Waals surface area contributed by atoms with Crippen molar-refractivity contribution in [1.29, 1.82) is 0 Å². The van der Waals surface area contributed by atoms with Gasteiger partial charge in [0, 0.05) is 30.1 Å². The molecule has 0 bridgehead atoms. The molecule has 0 saturated carbocycles. The minimum absolute atomic E-state index is 0.0796. The lowest BCUT2D eigenvalue weighted by Gasteiger charge is -2.15. The summed E-state index contributed by atoms with van der Waals surface area (Å²) in [6.45, 7) is 0.211. The van der Waals surface area contributed by atoms with Crippen LogP contribution in [0.5, 0.6) is 0 Å². The van der Waals surface area contributed by atoms with Gasteiger partial charge >= 0.3 is 6.18 Å². The Labute approximate surface area is 166 Å². The molecule has 0 saturated heterocycles. The van der Waals surface area contributed by atoms with Crippen molar-refractivity contribution in [2.24, 2.45) is 7.05 Å². The molecular formula is C21H21F3N4O. The van der Waals surface area contributed by atoms with Gasteiger partial charge in [-0.3, -0.25) is 14.2 Å². The van der Waals surface area contributed by atoms with Crippen molar-refractivity contribution in [2.75, 3.05) is 0 Å². The van der Waals surface area contributed by atoms with Gasteiger partial charge in [0.15, 0.2) is 11.5 Å². The molecule has 8 heteroatoms. The summed E-state index contributed by atoms with van der Waals surface area (Å²) in [6.07, 6.45) is 0.117. The van der Waals surface area contributed by atoms with E-state index in [-0.39, 0.29) is 18.7 Å². The van der Waals surface area contributed by atoms with Gasteiger partial charge in [0.05, 0.1) is 18.7 Å². The van der Waals surface area contributed by atoms with E-state index in [1.54, 1.807) is 42.2 Å². The first-order valence-corrected chi connectivity index (χ1v) is 9.57. The van der Waals surface area contributed by atoms with Gasteiger partial charge in [-0.2, -0.15) is 23.4 Å². The Bertz CT molecular complexity index is 1050. The maximum absolute atomic E-state index is 13.4. The monoisotopic (exact) mass is 402 g/mol. The average molecular weight is 402 g/mol. The molecule has 0 radical (unpaired) electrons. The lowest BCUT2D eigenvalue weighted by atomic mass is 9.95. The second-order valence-corrected chi connectivity index (χ2v) is 7.42. The van der Waals surface area contributed by atoms with Crippen molar-refractivity contribution < 1.29 is 18.0 Å². The second-order valence-electron chi connectivity index (χ2n) is 7.42. The molecule has 0 unspecified atom stereocenters. The maximum atomic E-state index is 13.4. The highest BCUT2D eigenvalue weighted by molar-refractivity contribution is 5.97. The van der Waals surface area contributed by atoms with Crippen molar-refractivity contribution >= 4 is 5.78 Å². The summed E-state index contributed by atoms with van der Waals surface area (Å²) in [7, 11) is 1.79. The second kappa shape index (κ2) is 7.50. The van der Waals surface area contributed by atoms with Crippen LogP contribution < -0.4 is 0 Å². The SMILES string of the molecule is Cn1ccc(CC(=O)c2cccc(Cn3nc(C(F)(F)F)c4c3CCCC4)c2)n1. The highest BCUT2D eigenvalue weighted by atomic mass is 19.4.